The SMILES string of the molecule is c1cn(-c2ccc(CNc3nccs3)cc2)cn1. The maximum absolute atomic E-state index is 4.18. The van der Waals surface area contributed by atoms with E-state index >= 15 is 0 Å². The number of hydrogen-bond acceptors (Lipinski definition) is 4. The van der Waals surface area contributed by atoms with Crippen molar-refractivity contribution in [1.82, 2.24) is 14.5 Å². The maximum atomic E-state index is 4.18. The van der Waals surface area contributed by atoms with Crippen molar-refractivity contribution in [2.75, 3.05) is 5.32 Å². The summed E-state index contributed by atoms with van der Waals surface area (Å²) in [5, 5.41) is 6.20. The number of imidazole rings is 1. The predicted octanol–water partition coefficient (Wildman–Crippen LogP) is 2.94. The Kier molecular flexibility index (Phi) is 3.06. The van der Waals surface area contributed by atoms with Crippen LogP contribution in [0.4, 0.5) is 5.13 Å². The molecule has 0 fully saturated rings. The number of hydrogen-bond donors (Lipinski definition) is 1. The summed E-state index contributed by atoms with van der Waals surface area (Å²) in [5.74, 6) is 0. The average Bonchev–Trinajstić information content (AvgIpc) is 3.10. The molecule has 0 spiro atoms. The van der Waals surface area contributed by atoms with Crippen molar-refractivity contribution in [3.63, 3.8) is 0 Å². The second-order valence-electron chi connectivity index (χ2n) is 3.83. The average molecular weight is 256 g/mol. The van der Waals surface area contributed by atoms with Crippen LogP contribution in [-0.4, -0.2) is 14.5 Å². The highest BCUT2D eigenvalue weighted by molar-refractivity contribution is 7.13. The van der Waals surface area contributed by atoms with Crippen molar-refractivity contribution in [3.05, 3.63) is 60.1 Å². The van der Waals surface area contributed by atoms with Crippen molar-refractivity contribution >= 4 is 16.5 Å². The third-order valence-electron chi connectivity index (χ3n) is 2.61. The van der Waals surface area contributed by atoms with Gasteiger partial charge in [-0.25, -0.2) is 9.97 Å². The molecular formula is C13H12N4S. The van der Waals surface area contributed by atoms with E-state index < -0.39 is 0 Å². The van der Waals surface area contributed by atoms with Crippen LogP contribution in [0.3, 0.4) is 0 Å². The largest absolute Gasteiger partial charge is 0.357 e. The number of nitrogens with zero attached hydrogens (tertiary/aromatic N) is 3. The molecule has 1 aromatic carbocycles. The number of benzene rings is 1. The predicted molar refractivity (Wildman–Crippen MR) is 73.0 cm³/mol. The third-order valence-corrected chi connectivity index (χ3v) is 3.35. The van der Waals surface area contributed by atoms with Crippen molar-refractivity contribution < 1.29 is 0 Å². The lowest BCUT2D eigenvalue weighted by atomic mass is 10.2. The summed E-state index contributed by atoms with van der Waals surface area (Å²) in [4.78, 5) is 8.22. The van der Waals surface area contributed by atoms with Crippen LogP contribution in [0.1, 0.15) is 5.56 Å². The second-order valence-corrected chi connectivity index (χ2v) is 4.72. The number of aromatic nitrogens is 3. The van der Waals surface area contributed by atoms with Gasteiger partial charge in [0.05, 0.1) is 6.33 Å². The van der Waals surface area contributed by atoms with Gasteiger partial charge in [0.2, 0.25) is 0 Å². The van der Waals surface area contributed by atoms with E-state index in [1.165, 1.54) is 5.56 Å². The summed E-state index contributed by atoms with van der Waals surface area (Å²) in [6.45, 7) is 0.789. The third kappa shape index (κ3) is 2.41. The highest BCUT2D eigenvalue weighted by Gasteiger charge is 1.98. The first kappa shape index (κ1) is 11.0. The number of rotatable bonds is 4. The molecule has 5 heteroatoms. The van der Waals surface area contributed by atoms with Gasteiger partial charge in [-0.3, -0.25) is 0 Å². The Bertz CT molecular complexity index is 584. The van der Waals surface area contributed by atoms with E-state index in [0.29, 0.717) is 0 Å². The number of thiazole rings is 1. The number of anilines is 1. The minimum absolute atomic E-state index is 0.789. The topological polar surface area (TPSA) is 42.7 Å². The molecule has 0 amide bonds. The summed E-state index contributed by atoms with van der Waals surface area (Å²) in [6, 6.07) is 8.38. The van der Waals surface area contributed by atoms with Crippen molar-refractivity contribution in [2.45, 2.75) is 6.54 Å². The Morgan fingerprint density at radius 2 is 2.06 bits per heavy atom. The van der Waals surface area contributed by atoms with E-state index in [0.717, 1.165) is 17.4 Å². The van der Waals surface area contributed by atoms with Gasteiger partial charge in [0, 0.05) is 36.2 Å². The van der Waals surface area contributed by atoms with Crippen molar-refractivity contribution in [2.24, 2.45) is 0 Å². The fraction of sp³-hybridized carbons (Fsp3) is 0.0769. The van der Waals surface area contributed by atoms with Gasteiger partial charge in [0.1, 0.15) is 0 Å². The minimum atomic E-state index is 0.789. The van der Waals surface area contributed by atoms with E-state index in [9.17, 15) is 0 Å². The molecule has 0 aliphatic carbocycles. The molecule has 0 radical (unpaired) electrons. The highest BCUT2D eigenvalue weighted by atomic mass is 32.1. The van der Waals surface area contributed by atoms with Crippen LogP contribution in [0.2, 0.25) is 0 Å². The van der Waals surface area contributed by atoms with Gasteiger partial charge in [-0.1, -0.05) is 12.1 Å². The lowest BCUT2D eigenvalue weighted by Crippen LogP contribution is -1.99. The van der Waals surface area contributed by atoms with Crippen LogP contribution in [0.25, 0.3) is 5.69 Å². The molecule has 0 bridgehead atoms. The van der Waals surface area contributed by atoms with Crippen LogP contribution in [0.15, 0.2) is 54.6 Å². The Morgan fingerprint density at radius 1 is 1.17 bits per heavy atom. The van der Waals surface area contributed by atoms with E-state index in [-0.39, 0.29) is 0 Å². The van der Waals surface area contributed by atoms with Gasteiger partial charge in [0.15, 0.2) is 5.13 Å². The van der Waals surface area contributed by atoms with E-state index in [4.69, 9.17) is 0 Å². The monoisotopic (exact) mass is 256 g/mol. The molecule has 3 rings (SSSR count). The molecule has 2 aromatic heterocycles. The quantitative estimate of drug-likeness (QED) is 0.780. The van der Waals surface area contributed by atoms with Gasteiger partial charge >= 0.3 is 0 Å². The zero-order valence-electron chi connectivity index (χ0n) is 9.65. The molecule has 0 unspecified atom stereocenters. The highest BCUT2D eigenvalue weighted by Crippen LogP contribution is 2.13. The van der Waals surface area contributed by atoms with Gasteiger partial charge in [-0.05, 0) is 17.7 Å². The fourth-order valence-corrected chi connectivity index (χ4v) is 2.21. The van der Waals surface area contributed by atoms with Crippen molar-refractivity contribution in [1.29, 1.82) is 0 Å². The molecule has 1 N–H and O–H groups in total. The normalized spacial score (nSPS) is 10.4. The Hall–Kier alpha value is -2.14. The molecule has 0 saturated carbocycles. The lowest BCUT2D eigenvalue weighted by molar-refractivity contribution is 1.05. The van der Waals surface area contributed by atoms with Crippen LogP contribution in [0, 0.1) is 0 Å². The molecule has 0 saturated heterocycles. The standard InChI is InChI=1S/C13H12N4S/c1-3-12(17-7-5-14-10-17)4-2-11(1)9-16-13-15-6-8-18-13/h1-8,10H,9H2,(H,15,16). The first-order chi connectivity index (χ1) is 8.92. The molecule has 4 nitrogen and oxygen atoms in total. The first-order valence-corrected chi connectivity index (χ1v) is 6.50. The molecule has 18 heavy (non-hydrogen) atoms. The van der Waals surface area contributed by atoms with E-state index in [1.54, 1.807) is 30.1 Å². The van der Waals surface area contributed by atoms with E-state index in [2.05, 4.69) is 39.6 Å². The second kappa shape index (κ2) is 5.01. The van der Waals surface area contributed by atoms with Crippen LogP contribution >= 0.6 is 11.3 Å². The van der Waals surface area contributed by atoms with Crippen LogP contribution < -0.4 is 5.32 Å². The molecule has 90 valence electrons. The van der Waals surface area contributed by atoms with Crippen LogP contribution in [-0.2, 0) is 6.54 Å². The summed E-state index contributed by atoms with van der Waals surface area (Å²) in [5.41, 5.74) is 2.35. The summed E-state index contributed by atoms with van der Waals surface area (Å²) in [6.07, 6.45) is 7.30. The summed E-state index contributed by atoms with van der Waals surface area (Å²) >= 11 is 1.61. The fourth-order valence-electron chi connectivity index (χ4n) is 1.69. The van der Waals surface area contributed by atoms with Gasteiger partial charge in [-0.15, -0.1) is 11.3 Å². The Morgan fingerprint density at radius 3 is 2.72 bits per heavy atom. The minimum Gasteiger partial charge on any atom is -0.357 e. The van der Waals surface area contributed by atoms with Gasteiger partial charge in [-0.2, -0.15) is 0 Å². The summed E-state index contributed by atoms with van der Waals surface area (Å²) < 4.78 is 1.98. The first-order valence-electron chi connectivity index (χ1n) is 5.62. The van der Waals surface area contributed by atoms with Crippen LogP contribution in [0.5, 0.6) is 0 Å². The molecule has 3 aromatic rings. The van der Waals surface area contributed by atoms with Crippen molar-refractivity contribution in [3.8, 4) is 5.69 Å². The number of nitrogens with one attached hydrogen (secondary N) is 1. The summed E-state index contributed by atoms with van der Waals surface area (Å²) in [7, 11) is 0. The Labute approximate surface area is 109 Å². The van der Waals surface area contributed by atoms with E-state index in [1.807, 2.05) is 16.1 Å². The molecular weight excluding hydrogens is 244 g/mol. The van der Waals surface area contributed by atoms with Gasteiger partial charge in [0.25, 0.3) is 0 Å². The molecule has 0 aliphatic heterocycles. The van der Waals surface area contributed by atoms with Gasteiger partial charge < -0.3 is 9.88 Å². The smallest absolute Gasteiger partial charge is 0.182 e. The zero-order chi connectivity index (χ0) is 12.2. The zero-order valence-corrected chi connectivity index (χ0v) is 10.5. The molecule has 2 heterocycles. The lowest BCUT2D eigenvalue weighted by Gasteiger charge is -2.05. The molecule has 0 aliphatic rings. The maximum Gasteiger partial charge on any atom is 0.182 e. The Balaban J connectivity index is 1.68. The molecule has 0 atom stereocenters.